The predicted molar refractivity (Wildman–Crippen MR) is 154 cm³/mol. The molecule has 3 aromatic carbocycles. The van der Waals surface area contributed by atoms with Crippen molar-refractivity contribution in [2.75, 3.05) is 18.4 Å². The second-order valence-corrected chi connectivity index (χ2v) is 12.3. The number of halogens is 4. The van der Waals surface area contributed by atoms with Crippen LogP contribution in [-0.2, 0) is 10.2 Å². The molecule has 1 saturated heterocycles. The SMILES string of the molecule is CC(C)(C)C[C@@H]1N(CC(=O)Nc2ccc(C(=O)O)cc2)C[C@H](c2cccc(Cl)c2F)[C@@]1(C#N)c1ccc(Cl)cc1F. The van der Waals surface area contributed by atoms with Crippen LogP contribution in [0.15, 0.2) is 60.7 Å². The number of rotatable bonds is 7. The number of likely N-dealkylation sites (tertiary alicyclic amines) is 1. The molecule has 0 aromatic heterocycles. The summed E-state index contributed by atoms with van der Waals surface area (Å²) >= 11 is 12.2. The van der Waals surface area contributed by atoms with E-state index >= 15 is 8.78 Å². The Labute approximate surface area is 247 Å². The Hall–Kier alpha value is -3.51. The van der Waals surface area contributed by atoms with E-state index in [4.69, 9.17) is 28.3 Å². The monoisotopic (exact) mass is 599 g/mol. The average molecular weight is 600 g/mol. The van der Waals surface area contributed by atoms with Crippen molar-refractivity contribution in [2.24, 2.45) is 5.41 Å². The van der Waals surface area contributed by atoms with Crippen molar-refractivity contribution in [3.8, 4) is 6.07 Å². The second kappa shape index (κ2) is 11.8. The summed E-state index contributed by atoms with van der Waals surface area (Å²) in [6.07, 6.45) is 0.377. The number of carboxylic acid groups (broad SMARTS) is 1. The van der Waals surface area contributed by atoms with Gasteiger partial charge in [0.15, 0.2) is 0 Å². The molecule has 1 amide bonds. The van der Waals surface area contributed by atoms with E-state index in [-0.39, 0.29) is 45.2 Å². The molecule has 4 rings (SSSR count). The number of nitrogens with one attached hydrogen (secondary N) is 1. The van der Waals surface area contributed by atoms with Crippen LogP contribution in [0.4, 0.5) is 14.5 Å². The van der Waals surface area contributed by atoms with E-state index in [2.05, 4.69) is 11.4 Å². The molecule has 0 radical (unpaired) electrons. The molecule has 1 heterocycles. The van der Waals surface area contributed by atoms with Crippen molar-refractivity contribution in [2.45, 2.75) is 44.6 Å². The van der Waals surface area contributed by atoms with Crippen molar-refractivity contribution in [1.82, 2.24) is 4.90 Å². The summed E-state index contributed by atoms with van der Waals surface area (Å²) in [6.45, 7) is 5.81. The Morgan fingerprint density at radius 2 is 1.80 bits per heavy atom. The van der Waals surface area contributed by atoms with E-state index in [0.29, 0.717) is 12.1 Å². The molecule has 0 bridgehead atoms. The lowest BCUT2D eigenvalue weighted by Gasteiger charge is -2.39. The number of benzene rings is 3. The van der Waals surface area contributed by atoms with Crippen molar-refractivity contribution < 1.29 is 23.5 Å². The normalized spacial score (nSPS) is 20.9. The smallest absolute Gasteiger partial charge is 0.335 e. The fraction of sp³-hybridized carbons (Fsp3) is 0.323. The Kier molecular flexibility index (Phi) is 8.74. The van der Waals surface area contributed by atoms with E-state index in [1.165, 1.54) is 48.5 Å². The molecule has 1 fully saturated rings. The van der Waals surface area contributed by atoms with Crippen molar-refractivity contribution in [1.29, 1.82) is 5.26 Å². The standard InChI is InChI=1S/C31H29Cl2F2N3O3/c1-30(2,3)14-26-31(17-36,22-12-9-19(32)13-25(22)34)23(21-5-4-6-24(33)28(21)35)15-38(26)16-27(39)37-20-10-7-18(8-11-20)29(40)41/h4-13,23,26H,14-16H2,1-3H3,(H,37,39)(H,40,41)/t23-,26+,31-/m1/s1. The Morgan fingerprint density at radius 1 is 1.12 bits per heavy atom. The van der Waals surface area contributed by atoms with Crippen LogP contribution in [0.25, 0.3) is 0 Å². The number of carbonyl (C=O) groups is 2. The van der Waals surface area contributed by atoms with Gasteiger partial charge < -0.3 is 10.4 Å². The van der Waals surface area contributed by atoms with Crippen LogP contribution in [0.5, 0.6) is 0 Å². The summed E-state index contributed by atoms with van der Waals surface area (Å²) in [4.78, 5) is 26.2. The van der Waals surface area contributed by atoms with Gasteiger partial charge in [-0.25, -0.2) is 13.6 Å². The van der Waals surface area contributed by atoms with Crippen LogP contribution in [-0.4, -0.2) is 41.0 Å². The van der Waals surface area contributed by atoms with Gasteiger partial charge in [-0.05, 0) is 59.9 Å². The van der Waals surface area contributed by atoms with Crippen LogP contribution in [0.2, 0.25) is 10.0 Å². The first kappa shape index (κ1) is 30.4. The van der Waals surface area contributed by atoms with Crippen LogP contribution in [0.1, 0.15) is 54.6 Å². The van der Waals surface area contributed by atoms with Gasteiger partial charge in [0, 0.05) is 34.8 Å². The maximum absolute atomic E-state index is 15.7. The second-order valence-electron chi connectivity index (χ2n) is 11.4. The van der Waals surface area contributed by atoms with E-state index < -0.39 is 40.9 Å². The number of hydrogen-bond donors (Lipinski definition) is 2. The summed E-state index contributed by atoms with van der Waals surface area (Å²) < 4.78 is 31.2. The Balaban J connectivity index is 1.82. The minimum Gasteiger partial charge on any atom is -0.478 e. The molecule has 3 aromatic rings. The molecule has 2 N–H and O–H groups in total. The number of nitrogens with zero attached hydrogens (tertiary/aromatic N) is 2. The van der Waals surface area contributed by atoms with Gasteiger partial charge >= 0.3 is 5.97 Å². The zero-order valence-electron chi connectivity index (χ0n) is 22.7. The number of nitriles is 1. The maximum atomic E-state index is 15.7. The number of amides is 1. The van der Waals surface area contributed by atoms with Gasteiger partial charge in [0.25, 0.3) is 0 Å². The van der Waals surface area contributed by atoms with Crippen molar-refractivity contribution in [3.63, 3.8) is 0 Å². The Bertz CT molecular complexity index is 1520. The molecule has 214 valence electrons. The van der Waals surface area contributed by atoms with Crippen LogP contribution in [0.3, 0.4) is 0 Å². The third kappa shape index (κ3) is 6.23. The van der Waals surface area contributed by atoms with E-state index in [0.717, 1.165) is 6.07 Å². The summed E-state index contributed by atoms with van der Waals surface area (Å²) in [7, 11) is 0. The molecule has 3 atom stereocenters. The third-order valence-corrected chi connectivity index (χ3v) is 7.95. The van der Waals surface area contributed by atoms with Gasteiger partial charge in [-0.15, -0.1) is 0 Å². The molecule has 1 aliphatic rings. The van der Waals surface area contributed by atoms with E-state index in [1.54, 1.807) is 11.0 Å². The number of aromatic carboxylic acids is 1. The lowest BCUT2D eigenvalue weighted by atomic mass is 9.64. The van der Waals surface area contributed by atoms with Gasteiger partial charge in [-0.1, -0.05) is 62.2 Å². The fourth-order valence-electron chi connectivity index (χ4n) is 5.69. The minimum absolute atomic E-state index is 0.0650. The minimum atomic E-state index is -1.60. The molecular formula is C31H29Cl2F2N3O3. The summed E-state index contributed by atoms with van der Waals surface area (Å²) in [5.74, 6) is -3.80. The van der Waals surface area contributed by atoms with Crippen LogP contribution in [0, 0.1) is 28.4 Å². The highest BCUT2D eigenvalue weighted by Crippen LogP contribution is 2.53. The molecule has 6 nitrogen and oxygen atoms in total. The number of hydrogen-bond acceptors (Lipinski definition) is 4. The highest BCUT2D eigenvalue weighted by atomic mass is 35.5. The third-order valence-electron chi connectivity index (χ3n) is 7.42. The quantitative estimate of drug-likeness (QED) is 0.298. The average Bonchev–Trinajstić information content (AvgIpc) is 3.17. The Morgan fingerprint density at radius 3 is 2.39 bits per heavy atom. The molecule has 1 aliphatic heterocycles. The van der Waals surface area contributed by atoms with Gasteiger partial charge in [0.2, 0.25) is 5.91 Å². The van der Waals surface area contributed by atoms with Gasteiger partial charge in [-0.3, -0.25) is 9.69 Å². The summed E-state index contributed by atoms with van der Waals surface area (Å²) in [5, 5.41) is 22.8. The lowest BCUT2D eigenvalue weighted by molar-refractivity contribution is -0.117. The van der Waals surface area contributed by atoms with Crippen molar-refractivity contribution in [3.05, 3.63) is 99.0 Å². The summed E-state index contributed by atoms with van der Waals surface area (Å²) in [5.41, 5.74) is -1.28. The molecular weight excluding hydrogens is 571 g/mol. The largest absolute Gasteiger partial charge is 0.478 e. The molecule has 0 saturated carbocycles. The van der Waals surface area contributed by atoms with E-state index in [9.17, 15) is 14.9 Å². The number of carbonyl (C=O) groups excluding carboxylic acids is 1. The van der Waals surface area contributed by atoms with Crippen LogP contribution >= 0.6 is 23.2 Å². The van der Waals surface area contributed by atoms with Gasteiger partial charge in [-0.2, -0.15) is 5.26 Å². The van der Waals surface area contributed by atoms with Gasteiger partial charge in [0.05, 0.1) is 23.2 Å². The number of anilines is 1. The first-order valence-electron chi connectivity index (χ1n) is 12.9. The van der Waals surface area contributed by atoms with E-state index in [1.807, 2.05) is 20.8 Å². The molecule has 10 heteroatoms. The molecule has 0 spiro atoms. The maximum Gasteiger partial charge on any atom is 0.335 e. The highest BCUT2D eigenvalue weighted by Gasteiger charge is 2.58. The summed E-state index contributed by atoms with van der Waals surface area (Å²) in [6, 6.07) is 16.0. The van der Waals surface area contributed by atoms with Crippen molar-refractivity contribution >= 4 is 40.8 Å². The molecule has 0 aliphatic carbocycles. The topological polar surface area (TPSA) is 93.4 Å². The first-order valence-corrected chi connectivity index (χ1v) is 13.7. The first-order chi connectivity index (χ1) is 19.3. The number of carboxylic acids is 1. The zero-order valence-corrected chi connectivity index (χ0v) is 24.2. The van der Waals surface area contributed by atoms with Gasteiger partial charge in [0.1, 0.15) is 17.0 Å². The molecule has 41 heavy (non-hydrogen) atoms. The molecule has 0 unspecified atom stereocenters. The zero-order chi connectivity index (χ0) is 30.1. The fourth-order valence-corrected chi connectivity index (χ4v) is 6.03. The lowest BCUT2D eigenvalue weighted by Crippen LogP contribution is -2.48. The highest BCUT2D eigenvalue weighted by molar-refractivity contribution is 6.31. The predicted octanol–water partition coefficient (Wildman–Crippen LogP) is 7.27. The van der Waals surface area contributed by atoms with Crippen LogP contribution < -0.4 is 5.32 Å².